The molecule has 25 heavy (non-hydrogen) atoms. The molecule has 1 aliphatic rings. The number of halogens is 1. The molecular formula is C20H25ClN2O2. The minimum absolute atomic E-state index is 0.293. The van der Waals surface area contributed by atoms with Crippen LogP contribution in [0.4, 0.5) is 5.69 Å². The Hall–Kier alpha value is -1.75. The van der Waals surface area contributed by atoms with Gasteiger partial charge in [0.1, 0.15) is 18.5 Å². The second kappa shape index (κ2) is 8.56. The van der Waals surface area contributed by atoms with E-state index in [1.165, 1.54) is 5.69 Å². The fourth-order valence-corrected chi connectivity index (χ4v) is 3.37. The molecule has 0 radical (unpaired) electrons. The Morgan fingerprint density at radius 2 is 1.80 bits per heavy atom. The van der Waals surface area contributed by atoms with Crippen molar-refractivity contribution in [2.24, 2.45) is 0 Å². The zero-order valence-electron chi connectivity index (χ0n) is 14.6. The molecule has 134 valence electrons. The van der Waals surface area contributed by atoms with E-state index in [-0.39, 0.29) is 0 Å². The van der Waals surface area contributed by atoms with Gasteiger partial charge in [0, 0.05) is 43.4 Å². The van der Waals surface area contributed by atoms with Crippen molar-refractivity contribution in [2.45, 2.75) is 13.0 Å². The van der Waals surface area contributed by atoms with Gasteiger partial charge in [-0.25, -0.2) is 0 Å². The molecule has 3 rings (SSSR count). The predicted octanol–water partition coefficient (Wildman–Crippen LogP) is 3.21. The quantitative estimate of drug-likeness (QED) is 0.858. The summed E-state index contributed by atoms with van der Waals surface area (Å²) in [5.74, 6) is 0.775. The number of hydrogen-bond acceptors (Lipinski definition) is 4. The minimum atomic E-state index is -0.502. The highest BCUT2D eigenvalue weighted by Gasteiger charge is 2.19. The van der Waals surface area contributed by atoms with E-state index in [0.29, 0.717) is 18.2 Å². The fraction of sp³-hybridized carbons (Fsp3) is 0.400. The smallest absolute Gasteiger partial charge is 0.122 e. The lowest BCUT2D eigenvalue weighted by molar-refractivity contribution is 0.0661. The summed E-state index contributed by atoms with van der Waals surface area (Å²) in [6, 6.07) is 16.0. The van der Waals surface area contributed by atoms with Crippen LogP contribution in [0.5, 0.6) is 5.75 Å². The van der Waals surface area contributed by atoms with Crippen LogP contribution < -0.4 is 9.64 Å². The van der Waals surface area contributed by atoms with E-state index < -0.39 is 6.10 Å². The number of hydrogen-bond donors (Lipinski definition) is 1. The molecule has 1 heterocycles. The average Bonchev–Trinajstić information content (AvgIpc) is 2.62. The van der Waals surface area contributed by atoms with Crippen molar-refractivity contribution in [3.8, 4) is 5.75 Å². The summed E-state index contributed by atoms with van der Waals surface area (Å²) in [5, 5.41) is 11.0. The van der Waals surface area contributed by atoms with Crippen molar-refractivity contribution in [1.29, 1.82) is 0 Å². The molecule has 2 aromatic rings. The van der Waals surface area contributed by atoms with E-state index in [1.807, 2.05) is 25.1 Å². The monoisotopic (exact) mass is 360 g/mol. The van der Waals surface area contributed by atoms with E-state index in [0.717, 1.165) is 37.5 Å². The Morgan fingerprint density at radius 1 is 1.08 bits per heavy atom. The molecule has 0 spiro atoms. The van der Waals surface area contributed by atoms with Gasteiger partial charge in [-0.05, 0) is 42.8 Å². The number of aryl methyl sites for hydroxylation is 1. The summed E-state index contributed by atoms with van der Waals surface area (Å²) in [7, 11) is 0. The van der Waals surface area contributed by atoms with Gasteiger partial charge in [-0.3, -0.25) is 4.90 Å². The molecule has 1 saturated heterocycles. The molecule has 1 fully saturated rings. The summed E-state index contributed by atoms with van der Waals surface area (Å²) in [4.78, 5) is 4.68. The highest BCUT2D eigenvalue weighted by molar-refractivity contribution is 6.30. The third kappa shape index (κ3) is 5.11. The van der Waals surface area contributed by atoms with Crippen molar-refractivity contribution in [3.63, 3.8) is 0 Å². The van der Waals surface area contributed by atoms with E-state index in [2.05, 4.69) is 34.1 Å². The van der Waals surface area contributed by atoms with Gasteiger partial charge >= 0.3 is 0 Å². The van der Waals surface area contributed by atoms with Crippen LogP contribution >= 0.6 is 11.6 Å². The highest BCUT2D eigenvalue weighted by atomic mass is 35.5. The summed E-state index contributed by atoms with van der Waals surface area (Å²) in [5.41, 5.74) is 2.25. The second-order valence-corrected chi connectivity index (χ2v) is 6.93. The predicted molar refractivity (Wildman–Crippen MR) is 103 cm³/mol. The van der Waals surface area contributed by atoms with Crippen molar-refractivity contribution < 1.29 is 9.84 Å². The maximum Gasteiger partial charge on any atom is 0.122 e. The van der Waals surface area contributed by atoms with Gasteiger partial charge in [0.2, 0.25) is 0 Å². The van der Waals surface area contributed by atoms with Crippen LogP contribution in [-0.4, -0.2) is 55.4 Å². The lowest BCUT2D eigenvalue weighted by Gasteiger charge is -2.36. The van der Waals surface area contributed by atoms with Crippen molar-refractivity contribution >= 4 is 17.3 Å². The summed E-state index contributed by atoms with van der Waals surface area (Å²) < 4.78 is 5.74. The van der Waals surface area contributed by atoms with E-state index >= 15 is 0 Å². The Bertz CT molecular complexity index is 673. The maximum atomic E-state index is 10.3. The fourth-order valence-electron chi connectivity index (χ4n) is 3.14. The highest BCUT2D eigenvalue weighted by Crippen LogP contribution is 2.22. The zero-order valence-corrected chi connectivity index (χ0v) is 15.3. The van der Waals surface area contributed by atoms with Crippen LogP contribution in [0.15, 0.2) is 48.5 Å². The molecule has 0 aliphatic carbocycles. The first-order valence-electron chi connectivity index (χ1n) is 8.71. The van der Waals surface area contributed by atoms with Crippen LogP contribution in [0.25, 0.3) is 0 Å². The standard InChI is InChI=1S/C20H25ClN2O2/c1-16-13-17(21)7-8-20(16)25-15-19(24)14-22-9-11-23(12-10-22)18-5-3-2-4-6-18/h2-8,13,19,24H,9-12,14-15H2,1H3. The third-order valence-corrected chi connectivity index (χ3v) is 4.77. The Kier molecular flexibility index (Phi) is 6.19. The van der Waals surface area contributed by atoms with Gasteiger partial charge < -0.3 is 14.7 Å². The number of aliphatic hydroxyl groups excluding tert-OH is 1. The van der Waals surface area contributed by atoms with E-state index in [4.69, 9.17) is 16.3 Å². The van der Waals surface area contributed by atoms with Crippen LogP contribution in [0, 0.1) is 6.92 Å². The summed E-state index contributed by atoms with van der Waals surface area (Å²) in [6.45, 7) is 6.74. The molecule has 0 bridgehead atoms. The van der Waals surface area contributed by atoms with Gasteiger partial charge in [-0.1, -0.05) is 29.8 Å². The summed E-state index contributed by atoms with van der Waals surface area (Å²) >= 11 is 5.95. The van der Waals surface area contributed by atoms with E-state index in [1.54, 1.807) is 6.07 Å². The maximum absolute atomic E-state index is 10.3. The second-order valence-electron chi connectivity index (χ2n) is 6.50. The molecule has 1 unspecified atom stereocenters. The van der Waals surface area contributed by atoms with E-state index in [9.17, 15) is 5.11 Å². The molecule has 5 heteroatoms. The number of para-hydroxylation sites is 1. The van der Waals surface area contributed by atoms with Crippen LogP contribution in [0.1, 0.15) is 5.56 Å². The lowest BCUT2D eigenvalue weighted by atomic mass is 10.2. The Balaban J connectivity index is 1.42. The average molecular weight is 361 g/mol. The molecule has 0 amide bonds. The first-order chi connectivity index (χ1) is 12.1. The molecule has 4 nitrogen and oxygen atoms in total. The number of ether oxygens (including phenoxy) is 1. The third-order valence-electron chi connectivity index (χ3n) is 4.53. The normalized spacial score (nSPS) is 16.7. The zero-order chi connectivity index (χ0) is 17.6. The van der Waals surface area contributed by atoms with Gasteiger partial charge in [-0.15, -0.1) is 0 Å². The number of aliphatic hydroxyl groups is 1. The van der Waals surface area contributed by atoms with Crippen LogP contribution in [0.2, 0.25) is 5.02 Å². The number of anilines is 1. The molecule has 1 atom stereocenters. The Labute approximate surface area is 154 Å². The summed E-state index contributed by atoms with van der Waals surface area (Å²) in [6.07, 6.45) is -0.502. The molecule has 0 aromatic heterocycles. The minimum Gasteiger partial charge on any atom is -0.491 e. The van der Waals surface area contributed by atoms with Crippen molar-refractivity contribution in [1.82, 2.24) is 4.90 Å². The molecular weight excluding hydrogens is 336 g/mol. The van der Waals surface area contributed by atoms with Gasteiger partial charge in [-0.2, -0.15) is 0 Å². The lowest BCUT2D eigenvalue weighted by Crippen LogP contribution is -2.49. The van der Waals surface area contributed by atoms with Gasteiger partial charge in [0.05, 0.1) is 0 Å². The van der Waals surface area contributed by atoms with Crippen molar-refractivity contribution in [3.05, 3.63) is 59.1 Å². The molecule has 1 N–H and O–H groups in total. The van der Waals surface area contributed by atoms with Crippen molar-refractivity contribution in [2.75, 3.05) is 44.2 Å². The number of nitrogens with zero attached hydrogens (tertiary/aromatic N) is 2. The first-order valence-corrected chi connectivity index (χ1v) is 9.09. The largest absolute Gasteiger partial charge is 0.491 e. The van der Waals surface area contributed by atoms with Gasteiger partial charge in [0.25, 0.3) is 0 Å². The number of β-amino-alcohol motifs (C(OH)–C–C–N with tert-alkyl or cyclic N) is 1. The SMILES string of the molecule is Cc1cc(Cl)ccc1OCC(O)CN1CCN(c2ccccc2)CC1. The molecule has 2 aromatic carbocycles. The molecule has 0 saturated carbocycles. The van der Waals surface area contributed by atoms with Crippen LogP contribution in [0.3, 0.4) is 0 Å². The van der Waals surface area contributed by atoms with Gasteiger partial charge in [0.15, 0.2) is 0 Å². The molecule has 1 aliphatic heterocycles. The number of rotatable bonds is 6. The van der Waals surface area contributed by atoms with Crippen LogP contribution in [-0.2, 0) is 0 Å². The number of benzene rings is 2. The Morgan fingerprint density at radius 3 is 2.48 bits per heavy atom. The first kappa shape index (κ1) is 18.1. The topological polar surface area (TPSA) is 35.9 Å². The number of piperazine rings is 1.